The topological polar surface area (TPSA) is 71.5 Å². The predicted molar refractivity (Wildman–Crippen MR) is 154 cm³/mol. The average Bonchev–Trinajstić information content (AvgIpc) is 3.40. The minimum absolute atomic E-state index is 0.0145. The number of piperidine rings is 2. The van der Waals surface area contributed by atoms with Crippen LogP contribution in [0.1, 0.15) is 61.1 Å². The molecule has 4 aliphatic rings. The van der Waals surface area contributed by atoms with Crippen LogP contribution in [0.15, 0.2) is 54.3 Å². The van der Waals surface area contributed by atoms with Gasteiger partial charge in [0, 0.05) is 31.5 Å². The number of nitrogens with zero attached hydrogens (tertiary/aromatic N) is 2. The van der Waals surface area contributed by atoms with Crippen LogP contribution >= 0.6 is 0 Å². The molecule has 0 saturated carbocycles. The number of allylic oxidation sites excluding steroid dienone is 1. The van der Waals surface area contributed by atoms with Crippen LogP contribution in [-0.2, 0) is 25.4 Å². The van der Waals surface area contributed by atoms with E-state index in [0.29, 0.717) is 31.4 Å². The van der Waals surface area contributed by atoms with Gasteiger partial charge in [0.25, 0.3) is 5.91 Å². The van der Waals surface area contributed by atoms with Crippen molar-refractivity contribution < 1.29 is 24.1 Å². The maximum absolute atomic E-state index is 13.8. The van der Waals surface area contributed by atoms with Gasteiger partial charge in [0.2, 0.25) is 6.29 Å². The van der Waals surface area contributed by atoms with E-state index < -0.39 is 6.29 Å². The molecule has 40 heavy (non-hydrogen) atoms. The molecule has 7 heteroatoms. The van der Waals surface area contributed by atoms with Gasteiger partial charge in [0.05, 0.1) is 26.4 Å². The summed E-state index contributed by atoms with van der Waals surface area (Å²) in [6.45, 7) is 4.91. The zero-order valence-electron chi connectivity index (χ0n) is 23.4. The molecule has 0 bridgehead atoms. The molecule has 214 valence electrons. The molecule has 7 nitrogen and oxygen atoms in total. The number of amides is 1. The third kappa shape index (κ3) is 5.98. The van der Waals surface area contributed by atoms with Crippen LogP contribution < -0.4 is 0 Å². The van der Waals surface area contributed by atoms with E-state index in [-0.39, 0.29) is 25.0 Å². The van der Waals surface area contributed by atoms with Gasteiger partial charge in [-0.1, -0.05) is 48.9 Å². The summed E-state index contributed by atoms with van der Waals surface area (Å²) in [4.78, 5) is 18.4. The Balaban J connectivity index is 1.19. The first-order valence-corrected chi connectivity index (χ1v) is 15.1. The highest BCUT2D eigenvalue weighted by Crippen LogP contribution is 2.43. The van der Waals surface area contributed by atoms with Crippen molar-refractivity contribution in [2.45, 2.75) is 63.2 Å². The Morgan fingerprint density at radius 3 is 2.55 bits per heavy atom. The van der Waals surface area contributed by atoms with Crippen molar-refractivity contribution in [3.63, 3.8) is 0 Å². The molecule has 0 unspecified atom stereocenters. The van der Waals surface area contributed by atoms with Crippen LogP contribution in [0, 0.1) is 0 Å². The minimum Gasteiger partial charge on any atom is -0.459 e. The SMILES string of the molecule is O=C(C1=C[C@@H](c2cccc3c2Cc2ccccc2-3)C[C@@H](OCCOCCO)O1)N1CCC(N2CCCCC2)CC1. The maximum atomic E-state index is 13.8. The van der Waals surface area contributed by atoms with E-state index in [4.69, 9.17) is 19.3 Å². The van der Waals surface area contributed by atoms with E-state index in [1.807, 2.05) is 11.0 Å². The number of hydrogen-bond acceptors (Lipinski definition) is 6. The zero-order valence-corrected chi connectivity index (χ0v) is 23.4. The molecule has 2 fully saturated rings. The van der Waals surface area contributed by atoms with E-state index in [9.17, 15) is 4.79 Å². The summed E-state index contributed by atoms with van der Waals surface area (Å²) in [5, 5.41) is 8.98. The molecule has 0 radical (unpaired) electrons. The first-order chi connectivity index (χ1) is 19.7. The Bertz CT molecular complexity index is 1200. The number of fused-ring (bicyclic) bond motifs is 3. The van der Waals surface area contributed by atoms with E-state index in [1.165, 1.54) is 60.2 Å². The Labute approximate surface area is 237 Å². The van der Waals surface area contributed by atoms with Crippen molar-refractivity contribution in [2.24, 2.45) is 0 Å². The number of ether oxygens (including phenoxy) is 3. The molecule has 2 aromatic rings. The van der Waals surface area contributed by atoms with E-state index >= 15 is 0 Å². The summed E-state index contributed by atoms with van der Waals surface area (Å²) >= 11 is 0. The molecule has 0 aromatic heterocycles. The Kier molecular flexibility index (Phi) is 8.83. The fourth-order valence-electron chi connectivity index (χ4n) is 6.94. The fraction of sp³-hybridized carbons (Fsp3) is 0.545. The lowest BCUT2D eigenvalue weighted by Gasteiger charge is -2.40. The Morgan fingerprint density at radius 2 is 1.73 bits per heavy atom. The highest BCUT2D eigenvalue weighted by Gasteiger charge is 2.35. The second-order valence-electron chi connectivity index (χ2n) is 11.5. The molecular weight excluding hydrogens is 504 g/mol. The van der Waals surface area contributed by atoms with Gasteiger partial charge in [-0.15, -0.1) is 0 Å². The van der Waals surface area contributed by atoms with Crippen molar-refractivity contribution in [1.82, 2.24) is 9.80 Å². The minimum atomic E-state index is -0.530. The summed E-state index contributed by atoms with van der Waals surface area (Å²) in [5.41, 5.74) is 6.53. The molecule has 3 aliphatic heterocycles. The van der Waals surface area contributed by atoms with Crippen molar-refractivity contribution in [3.8, 4) is 11.1 Å². The van der Waals surface area contributed by atoms with Crippen LogP contribution in [0.25, 0.3) is 11.1 Å². The summed E-state index contributed by atoms with van der Waals surface area (Å²) in [6.07, 6.45) is 9.03. The lowest BCUT2D eigenvalue weighted by atomic mass is 9.87. The number of rotatable bonds is 9. The van der Waals surface area contributed by atoms with Gasteiger partial charge in [0.1, 0.15) is 0 Å². The fourth-order valence-corrected chi connectivity index (χ4v) is 6.94. The highest BCUT2D eigenvalue weighted by atomic mass is 16.7. The molecule has 2 saturated heterocycles. The number of aliphatic hydroxyl groups excluding tert-OH is 1. The van der Waals surface area contributed by atoms with Gasteiger partial charge >= 0.3 is 0 Å². The summed E-state index contributed by atoms with van der Waals surface area (Å²) in [5.74, 6) is 0.399. The van der Waals surface area contributed by atoms with Gasteiger partial charge in [-0.05, 0) is 79.1 Å². The number of carbonyl (C=O) groups excluding carboxylic acids is 1. The monoisotopic (exact) mass is 546 g/mol. The summed E-state index contributed by atoms with van der Waals surface area (Å²) < 4.78 is 17.7. The second kappa shape index (κ2) is 12.9. The lowest BCUT2D eigenvalue weighted by molar-refractivity contribution is -0.157. The highest BCUT2D eigenvalue weighted by molar-refractivity contribution is 5.92. The van der Waals surface area contributed by atoms with E-state index in [0.717, 1.165) is 32.4 Å². The summed E-state index contributed by atoms with van der Waals surface area (Å²) in [6, 6.07) is 15.7. The molecule has 3 heterocycles. The van der Waals surface area contributed by atoms with E-state index in [2.05, 4.69) is 47.4 Å². The van der Waals surface area contributed by atoms with Gasteiger partial charge in [-0.2, -0.15) is 0 Å². The number of benzene rings is 2. The van der Waals surface area contributed by atoms with Crippen LogP contribution in [0.5, 0.6) is 0 Å². The van der Waals surface area contributed by atoms with Gasteiger partial charge in [-0.3, -0.25) is 4.79 Å². The average molecular weight is 547 g/mol. The smallest absolute Gasteiger partial charge is 0.288 e. The molecule has 1 N–H and O–H groups in total. The first kappa shape index (κ1) is 27.5. The third-order valence-electron chi connectivity index (χ3n) is 8.98. The predicted octanol–water partition coefficient (Wildman–Crippen LogP) is 4.47. The summed E-state index contributed by atoms with van der Waals surface area (Å²) in [7, 11) is 0. The normalized spacial score (nSPS) is 23.3. The van der Waals surface area contributed by atoms with Crippen LogP contribution in [0.3, 0.4) is 0 Å². The van der Waals surface area contributed by atoms with Crippen LogP contribution in [-0.4, -0.2) is 85.8 Å². The number of carbonyl (C=O) groups is 1. The van der Waals surface area contributed by atoms with Gasteiger partial charge in [0.15, 0.2) is 5.76 Å². The van der Waals surface area contributed by atoms with Crippen molar-refractivity contribution in [1.29, 1.82) is 0 Å². The second-order valence-corrected chi connectivity index (χ2v) is 11.5. The van der Waals surface area contributed by atoms with Crippen molar-refractivity contribution in [3.05, 3.63) is 71.0 Å². The van der Waals surface area contributed by atoms with Crippen LogP contribution in [0.4, 0.5) is 0 Å². The van der Waals surface area contributed by atoms with Gasteiger partial charge in [-0.25, -0.2) is 0 Å². The molecule has 0 spiro atoms. The molecule has 2 aromatic carbocycles. The van der Waals surface area contributed by atoms with Crippen molar-refractivity contribution >= 4 is 5.91 Å². The largest absolute Gasteiger partial charge is 0.459 e. The Hall–Kier alpha value is -2.71. The molecular formula is C33H42N2O5. The van der Waals surface area contributed by atoms with E-state index in [1.54, 1.807) is 0 Å². The third-order valence-corrected chi connectivity index (χ3v) is 8.98. The first-order valence-electron chi connectivity index (χ1n) is 15.1. The zero-order chi connectivity index (χ0) is 27.3. The molecule has 6 rings (SSSR count). The van der Waals surface area contributed by atoms with Crippen LogP contribution in [0.2, 0.25) is 0 Å². The quantitative estimate of drug-likeness (QED) is 0.399. The molecule has 1 aliphatic carbocycles. The van der Waals surface area contributed by atoms with Gasteiger partial charge < -0.3 is 29.1 Å². The standard InChI is InChI=1S/C33H42N2O5/c36-17-18-38-19-20-39-32-23-25(28-9-6-10-29-27-8-3-2-7-24(27)21-30(28)29)22-31(40-32)33(37)35-15-11-26(12-16-35)34-13-4-1-5-14-34/h2-3,6-10,22,25-26,32,36H,1,4-5,11-21,23H2/t25-,32+/m1/s1. The van der Waals surface area contributed by atoms with Crippen molar-refractivity contribution in [2.75, 3.05) is 52.6 Å². The lowest BCUT2D eigenvalue weighted by Crippen LogP contribution is -2.49. The number of hydrogen-bond donors (Lipinski definition) is 1. The Morgan fingerprint density at radius 1 is 0.925 bits per heavy atom. The molecule has 2 atom stereocenters. The maximum Gasteiger partial charge on any atom is 0.288 e. The molecule has 1 amide bonds. The number of likely N-dealkylation sites (tertiary alicyclic amines) is 2. The number of aliphatic hydroxyl groups is 1.